The molecule has 0 bridgehead atoms. The molecule has 1 rings (SSSR count). The second-order valence-electron chi connectivity index (χ2n) is 5.41. The van der Waals surface area contributed by atoms with Gasteiger partial charge in [-0.1, -0.05) is 50.6 Å². The molecule has 1 aromatic carbocycles. The summed E-state index contributed by atoms with van der Waals surface area (Å²) in [6, 6.07) is 7.76. The zero-order valence-electron chi connectivity index (χ0n) is 13.8. The first-order valence-corrected chi connectivity index (χ1v) is 8.17. The van der Waals surface area contributed by atoms with Crippen LogP contribution >= 0.6 is 11.6 Å². The molecular weight excluding hydrogens is 302 g/mol. The average molecular weight is 328 g/mol. The zero-order chi connectivity index (χ0) is 16.5. The van der Waals surface area contributed by atoms with E-state index in [4.69, 9.17) is 21.1 Å². The topological polar surface area (TPSA) is 38.8 Å². The molecule has 1 aromatic rings. The van der Waals surface area contributed by atoms with E-state index in [0.717, 1.165) is 17.7 Å². The lowest BCUT2D eigenvalue weighted by Gasteiger charge is -2.26. The molecule has 0 heterocycles. The van der Waals surface area contributed by atoms with Crippen molar-refractivity contribution in [3.63, 3.8) is 0 Å². The number of nitrogens with zero attached hydrogens (tertiary/aromatic N) is 1. The number of para-hydroxylation sites is 1. The van der Waals surface area contributed by atoms with Crippen LogP contribution in [0.4, 0.5) is 5.69 Å². The van der Waals surface area contributed by atoms with Gasteiger partial charge in [-0.3, -0.25) is 9.69 Å². The number of aryl methyl sites for hydroxylation is 1. The van der Waals surface area contributed by atoms with Gasteiger partial charge in [-0.05, 0) is 30.9 Å². The molecule has 0 spiro atoms. The van der Waals surface area contributed by atoms with Crippen molar-refractivity contribution in [3.05, 3.63) is 29.8 Å². The van der Waals surface area contributed by atoms with Gasteiger partial charge in [0.05, 0.1) is 6.61 Å². The summed E-state index contributed by atoms with van der Waals surface area (Å²) in [5.74, 6) is 0.0222. The van der Waals surface area contributed by atoms with Crippen molar-refractivity contribution in [2.24, 2.45) is 5.92 Å². The molecule has 0 N–H and O–H groups in total. The number of rotatable bonds is 9. The fourth-order valence-corrected chi connectivity index (χ4v) is 2.17. The van der Waals surface area contributed by atoms with E-state index >= 15 is 0 Å². The maximum absolute atomic E-state index is 12.6. The maximum Gasteiger partial charge on any atom is 0.273 e. The van der Waals surface area contributed by atoms with Gasteiger partial charge in [0.1, 0.15) is 6.73 Å². The van der Waals surface area contributed by atoms with E-state index in [2.05, 4.69) is 6.92 Å². The lowest BCUT2D eigenvalue weighted by molar-refractivity contribution is -0.127. The molecule has 0 aliphatic carbocycles. The molecule has 22 heavy (non-hydrogen) atoms. The number of alkyl halides is 1. The maximum atomic E-state index is 12.6. The Morgan fingerprint density at radius 1 is 1.27 bits per heavy atom. The molecule has 0 radical (unpaired) electrons. The third-order valence-electron chi connectivity index (χ3n) is 3.12. The van der Waals surface area contributed by atoms with E-state index in [1.165, 1.54) is 0 Å². The number of halogens is 1. The Hall–Kier alpha value is -1.10. The van der Waals surface area contributed by atoms with Crippen LogP contribution in [0.15, 0.2) is 24.3 Å². The molecule has 0 aromatic heterocycles. The van der Waals surface area contributed by atoms with Crippen LogP contribution in [-0.2, 0) is 20.7 Å². The van der Waals surface area contributed by atoms with Gasteiger partial charge in [0.15, 0.2) is 0 Å². The molecule has 124 valence electrons. The second-order valence-corrected chi connectivity index (χ2v) is 5.81. The number of hydrogen-bond acceptors (Lipinski definition) is 3. The standard InChI is InChI=1S/C17H26ClNO3/c1-5-14-9-7-8-10-15(14)19(12-21-6-2)17(20)16(18)22-11-13(3)4/h7-10,13,16H,5-6,11-12H2,1-4H3. The van der Waals surface area contributed by atoms with E-state index < -0.39 is 5.56 Å². The summed E-state index contributed by atoms with van der Waals surface area (Å²) in [6.45, 7) is 9.10. The van der Waals surface area contributed by atoms with Gasteiger partial charge >= 0.3 is 0 Å². The van der Waals surface area contributed by atoms with Crippen LogP contribution < -0.4 is 4.90 Å². The molecule has 0 saturated carbocycles. The zero-order valence-corrected chi connectivity index (χ0v) is 14.6. The van der Waals surface area contributed by atoms with Crippen molar-refractivity contribution < 1.29 is 14.3 Å². The molecule has 1 amide bonds. The van der Waals surface area contributed by atoms with Gasteiger partial charge in [-0.25, -0.2) is 0 Å². The Morgan fingerprint density at radius 3 is 2.55 bits per heavy atom. The fourth-order valence-electron chi connectivity index (χ4n) is 1.98. The molecule has 1 atom stereocenters. The van der Waals surface area contributed by atoms with Gasteiger partial charge in [-0.15, -0.1) is 0 Å². The van der Waals surface area contributed by atoms with Crippen LogP contribution in [-0.4, -0.2) is 31.4 Å². The second kappa shape index (κ2) is 9.82. The molecule has 5 heteroatoms. The fraction of sp³-hybridized carbons (Fsp3) is 0.588. The summed E-state index contributed by atoms with van der Waals surface area (Å²) in [6.07, 6.45) is 0.825. The molecule has 0 fully saturated rings. The third kappa shape index (κ3) is 5.59. The van der Waals surface area contributed by atoms with Crippen molar-refractivity contribution >= 4 is 23.2 Å². The third-order valence-corrected chi connectivity index (χ3v) is 3.44. The van der Waals surface area contributed by atoms with Gasteiger partial charge in [-0.2, -0.15) is 0 Å². The smallest absolute Gasteiger partial charge is 0.273 e. The lowest BCUT2D eigenvalue weighted by Crippen LogP contribution is -2.40. The molecular formula is C17H26ClNO3. The minimum Gasteiger partial charge on any atom is -0.361 e. The molecule has 0 aliphatic heterocycles. The van der Waals surface area contributed by atoms with Crippen LogP contribution in [0.2, 0.25) is 0 Å². The Kier molecular flexibility index (Phi) is 8.46. The highest BCUT2D eigenvalue weighted by Crippen LogP contribution is 2.23. The number of carbonyl (C=O) groups excluding carboxylic acids is 1. The van der Waals surface area contributed by atoms with Crippen molar-refractivity contribution in [2.45, 2.75) is 39.7 Å². The summed E-state index contributed by atoms with van der Waals surface area (Å²) in [7, 11) is 0. The summed E-state index contributed by atoms with van der Waals surface area (Å²) < 4.78 is 10.9. The number of amides is 1. The van der Waals surface area contributed by atoms with E-state index in [1.807, 2.05) is 45.0 Å². The van der Waals surface area contributed by atoms with E-state index in [0.29, 0.717) is 19.1 Å². The average Bonchev–Trinajstić information content (AvgIpc) is 2.53. The Morgan fingerprint density at radius 2 is 1.95 bits per heavy atom. The van der Waals surface area contributed by atoms with Crippen LogP contribution in [0, 0.1) is 5.92 Å². The van der Waals surface area contributed by atoms with Crippen LogP contribution in [0.5, 0.6) is 0 Å². The van der Waals surface area contributed by atoms with Gasteiger partial charge in [0.2, 0.25) is 5.56 Å². The predicted octanol–water partition coefficient (Wildman–Crippen LogP) is 3.81. The summed E-state index contributed by atoms with van der Waals surface area (Å²) in [5.41, 5.74) is 0.887. The van der Waals surface area contributed by atoms with Crippen LogP contribution in [0.3, 0.4) is 0 Å². The van der Waals surface area contributed by atoms with Crippen molar-refractivity contribution in [2.75, 3.05) is 24.8 Å². The number of anilines is 1. The number of benzene rings is 1. The first-order chi connectivity index (χ1) is 10.5. The molecule has 0 aliphatic rings. The minimum atomic E-state index is -1.01. The first kappa shape index (κ1) is 18.9. The number of hydrogen-bond donors (Lipinski definition) is 0. The first-order valence-electron chi connectivity index (χ1n) is 7.73. The SMILES string of the molecule is CCOCN(C(=O)C(Cl)OCC(C)C)c1ccccc1CC. The van der Waals surface area contributed by atoms with Crippen molar-refractivity contribution in [3.8, 4) is 0 Å². The largest absolute Gasteiger partial charge is 0.361 e. The highest BCUT2D eigenvalue weighted by molar-refractivity contribution is 6.31. The lowest BCUT2D eigenvalue weighted by atomic mass is 10.1. The molecule has 0 saturated heterocycles. The molecule has 4 nitrogen and oxygen atoms in total. The van der Waals surface area contributed by atoms with Crippen molar-refractivity contribution in [1.29, 1.82) is 0 Å². The van der Waals surface area contributed by atoms with Crippen molar-refractivity contribution in [1.82, 2.24) is 0 Å². The highest BCUT2D eigenvalue weighted by Gasteiger charge is 2.26. The van der Waals surface area contributed by atoms with Gasteiger partial charge < -0.3 is 9.47 Å². The van der Waals surface area contributed by atoms with E-state index in [1.54, 1.807) is 4.90 Å². The van der Waals surface area contributed by atoms with E-state index in [9.17, 15) is 4.79 Å². The Labute approximate surface area is 138 Å². The number of ether oxygens (including phenoxy) is 2. The van der Waals surface area contributed by atoms with E-state index in [-0.39, 0.29) is 12.6 Å². The van der Waals surface area contributed by atoms with Gasteiger partial charge in [0.25, 0.3) is 5.91 Å². The predicted molar refractivity (Wildman–Crippen MR) is 90.2 cm³/mol. The molecule has 1 unspecified atom stereocenters. The van der Waals surface area contributed by atoms with Gasteiger partial charge in [0, 0.05) is 12.3 Å². The van der Waals surface area contributed by atoms with Crippen LogP contribution in [0.25, 0.3) is 0 Å². The minimum absolute atomic E-state index is 0.167. The summed E-state index contributed by atoms with van der Waals surface area (Å²) in [4.78, 5) is 14.2. The Balaban J connectivity index is 2.94. The summed E-state index contributed by atoms with van der Waals surface area (Å²) in [5, 5.41) is 0. The highest BCUT2D eigenvalue weighted by atomic mass is 35.5. The number of carbonyl (C=O) groups is 1. The Bertz CT molecular complexity index is 465. The quantitative estimate of drug-likeness (QED) is 0.511. The normalized spacial score (nSPS) is 12.5. The summed E-state index contributed by atoms with van der Waals surface area (Å²) >= 11 is 6.13. The van der Waals surface area contributed by atoms with Crippen LogP contribution in [0.1, 0.15) is 33.3 Å². The monoisotopic (exact) mass is 327 g/mol.